The first-order valence-corrected chi connectivity index (χ1v) is 11.5. The quantitative estimate of drug-likeness (QED) is 0.608. The third-order valence-electron chi connectivity index (χ3n) is 6.02. The van der Waals surface area contributed by atoms with Gasteiger partial charge in [-0.2, -0.15) is 0 Å². The predicted octanol–water partition coefficient (Wildman–Crippen LogP) is 1.83. The van der Waals surface area contributed by atoms with E-state index in [9.17, 15) is 5.11 Å². The molecule has 2 N–H and O–H groups in total. The molecule has 3 heterocycles. The smallest absolute Gasteiger partial charge is 0.226 e. The van der Waals surface area contributed by atoms with Crippen molar-refractivity contribution in [1.82, 2.24) is 15.3 Å². The maximum absolute atomic E-state index is 9.96. The Labute approximate surface area is 189 Å². The highest BCUT2D eigenvalue weighted by Crippen LogP contribution is 2.30. The molecule has 0 spiro atoms. The Morgan fingerprint density at radius 1 is 1.22 bits per heavy atom. The SMILES string of the molecule is CNCC(O)COc1cccc(-c2nc(N3CCOCC3)nc(C[C@@H]3CCOC3)c2C)c1. The second-order valence-corrected chi connectivity index (χ2v) is 8.53. The Balaban J connectivity index is 1.63. The maximum Gasteiger partial charge on any atom is 0.226 e. The lowest BCUT2D eigenvalue weighted by atomic mass is 9.97. The lowest BCUT2D eigenvalue weighted by Gasteiger charge is -2.28. The van der Waals surface area contributed by atoms with Gasteiger partial charge in [0.15, 0.2) is 0 Å². The van der Waals surface area contributed by atoms with Crippen LogP contribution in [0.2, 0.25) is 0 Å². The minimum absolute atomic E-state index is 0.235. The summed E-state index contributed by atoms with van der Waals surface area (Å²) in [7, 11) is 1.81. The number of morpholine rings is 1. The summed E-state index contributed by atoms with van der Waals surface area (Å²) in [4.78, 5) is 12.2. The first-order chi connectivity index (χ1) is 15.6. The lowest BCUT2D eigenvalue weighted by Crippen LogP contribution is -2.37. The van der Waals surface area contributed by atoms with Crippen molar-refractivity contribution in [3.63, 3.8) is 0 Å². The van der Waals surface area contributed by atoms with E-state index in [0.29, 0.717) is 31.4 Å². The molecule has 0 bridgehead atoms. The Bertz CT molecular complexity index is 882. The van der Waals surface area contributed by atoms with E-state index in [-0.39, 0.29) is 6.61 Å². The molecule has 2 aliphatic rings. The highest BCUT2D eigenvalue weighted by Gasteiger charge is 2.23. The van der Waals surface area contributed by atoms with Crippen molar-refractivity contribution in [3.8, 4) is 17.0 Å². The summed E-state index contributed by atoms with van der Waals surface area (Å²) in [6.45, 7) is 7.42. The van der Waals surface area contributed by atoms with E-state index in [1.165, 1.54) is 0 Å². The first-order valence-electron chi connectivity index (χ1n) is 11.5. The molecular formula is C24H34N4O4. The summed E-state index contributed by atoms with van der Waals surface area (Å²) in [6.07, 6.45) is 1.41. The van der Waals surface area contributed by atoms with Gasteiger partial charge in [-0.3, -0.25) is 0 Å². The van der Waals surface area contributed by atoms with Crippen molar-refractivity contribution < 1.29 is 19.3 Å². The van der Waals surface area contributed by atoms with Gasteiger partial charge in [0, 0.05) is 44.1 Å². The fourth-order valence-corrected chi connectivity index (χ4v) is 4.17. The van der Waals surface area contributed by atoms with E-state index >= 15 is 0 Å². The molecular weight excluding hydrogens is 408 g/mol. The number of aliphatic hydroxyl groups is 1. The number of anilines is 1. The molecule has 8 nitrogen and oxygen atoms in total. The molecule has 2 aromatic rings. The molecule has 2 aliphatic heterocycles. The highest BCUT2D eigenvalue weighted by molar-refractivity contribution is 5.67. The normalized spacial score (nSPS) is 19.8. The summed E-state index contributed by atoms with van der Waals surface area (Å²) < 4.78 is 16.9. The molecule has 2 saturated heterocycles. The monoisotopic (exact) mass is 442 g/mol. The number of benzene rings is 1. The fourth-order valence-electron chi connectivity index (χ4n) is 4.17. The molecule has 2 fully saturated rings. The van der Waals surface area contributed by atoms with Crippen LogP contribution >= 0.6 is 0 Å². The second kappa shape index (κ2) is 11.0. The van der Waals surface area contributed by atoms with E-state index in [1.807, 2.05) is 25.2 Å². The van der Waals surface area contributed by atoms with Gasteiger partial charge in [-0.1, -0.05) is 12.1 Å². The van der Waals surface area contributed by atoms with Crippen LogP contribution in [0, 0.1) is 12.8 Å². The van der Waals surface area contributed by atoms with Crippen LogP contribution in [0.25, 0.3) is 11.3 Å². The molecule has 0 saturated carbocycles. The maximum atomic E-state index is 9.96. The van der Waals surface area contributed by atoms with Gasteiger partial charge in [-0.15, -0.1) is 0 Å². The van der Waals surface area contributed by atoms with Gasteiger partial charge in [0.05, 0.1) is 18.9 Å². The molecule has 2 atom stereocenters. The number of aliphatic hydroxyl groups excluding tert-OH is 1. The van der Waals surface area contributed by atoms with Crippen molar-refractivity contribution in [1.29, 1.82) is 0 Å². The molecule has 0 amide bonds. The number of nitrogens with one attached hydrogen (secondary N) is 1. The van der Waals surface area contributed by atoms with Crippen LogP contribution in [0.15, 0.2) is 24.3 Å². The van der Waals surface area contributed by atoms with Crippen LogP contribution in [0.4, 0.5) is 5.95 Å². The van der Waals surface area contributed by atoms with E-state index in [4.69, 9.17) is 24.2 Å². The highest BCUT2D eigenvalue weighted by atomic mass is 16.5. The average Bonchev–Trinajstić information content (AvgIpc) is 3.33. The van der Waals surface area contributed by atoms with Gasteiger partial charge in [0.25, 0.3) is 0 Å². The molecule has 0 radical (unpaired) electrons. The van der Waals surface area contributed by atoms with Crippen LogP contribution in [0.3, 0.4) is 0 Å². The third kappa shape index (κ3) is 5.75. The Hall–Kier alpha value is -2.26. The molecule has 1 aromatic carbocycles. The molecule has 174 valence electrons. The predicted molar refractivity (Wildman–Crippen MR) is 123 cm³/mol. The number of hydrogen-bond acceptors (Lipinski definition) is 8. The Morgan fingerprint density at radius 2 is 2.06 bits per heavy atom. The molecule has 1 aromatic heterocycles. The summed E-state index contributed by atoms with van der Waals surface area (Å²) in [5.74, 6) is 1.98. The minimum atomic E-state index is -0.558. The van der Waals surface area contributed by atoms with Crippen LogP contribution in [-0.4, -0.2) is 80.9 Å². The van der Waals surface area contributed by atoms with Gasteiger partial charge in [-0.25, -0.2) is 9.97 Å². The molecule has 0 aliphatic carbocycles. The number of hydrogen-bond donors (Lipinski definition) is 2. The van der Waals surface area contributed by atoms with Gasteiger partial charge >= 0.3 is 0 Å². The minimum Gasteiger partial charge on any atom is -0.491 e. The van der Waals surface area contributed by atoms with Crippen LogP contribution in [-0.2, 0) is 15.9 Å². The largest absolute Gasteiger partial charge is 0.491 e. The Morgan fingerprint density at radius 3 is 2.81 bits per heavy atom. The first kappa shape index (κ1) is 22.9. The summed E-state index contributed by atoms with van der Waals surface area (Å²) in [6, 6.07) is 7.92. The van der Waals surface area contributed by atoms with Crippen LogP contribution in [0.5, 0.6) is 5.75 Å². The van der Waals surface area contributed by atoms with Crippen molar-refractivity contribution in [3.05, 3.63) is 35.5 Å². The number of likely N-dealkylation sites (N-methyl/N-ethyl adjacent to an activating group) is 1. The van der Waals surface area contributed by atoms with Gasteiger partial charge in [0.1, 0.15) is 18.5 Å². The van der Waals surface area contributed by atoms with Crippen LogP contribution < -0.4 is 15.0 Å². The van der Waals surface area contributed by atoms with E-state index in [2.05, 4.69) is 23.2 Å². The number of rotatable bonds is 9. The lowest BCUT2D eigenvalue weighted by molar-refractivity contribution is 0.108. The summed E-state index contributed by atoms with van der Waals surface area (Å²) in [5.41, 5.74) is 4.10. The zero-order valence-corrected chi connectivity index (χ0v) is 19.0. The molecule has 32 heavy (non-hydrogen) atoms. The topological polar surface area (TPSA) is 89.0 Å². The third-order valence-corrected chi connectivity index (χ3v) is 6.02. The number of ether oxygens (including phenoxy) is 3. The Kier molecular flexibility index (Phi) is 7.91. The standard InChI is InChI=1S/C24H34N4O4/c1-17-22(12-18-6-9-31-15-18)26-24(28-7-10-30-11-8-28)27-23(17)19-4-3-5-21(13-19)32-16-20(29)14-25-2/h3-5,13,18,20,25,29H,6-12,14-16H2,1-2H3/t18-,20?/m0/s1. The average molecular weight is 443 g/mol. The summed E-state index contributed by atoms with van der Waals surface area (Å²) >= 11 is 0. The van der Waals surface area contributed by atoms with Crippen molar-refractivity contribution in [2.24, 2.45) is 5.92 Å². The van der Waals surface area contributed by atoms with E-state index in [1.54, 1.807) is 0 Å². The van der Waals surface area contributed by atoms with Crippen LogP contribution in [0.1, 0.15) is 17.7 Å². The zero-order valence-electron chi connectivity index (χ0n) is 19.0. The van der Waals surface area contributed by atoms with Gasteiger partial charge < -0.3 is 29.5 Å². The van der Waals surface area contributed by atoms with Gasteiger partial charge in [0.2, 0.25) is 5.95 Å². The molecule has 1 unspecified atom stereocenters. The summed E-state index contributed by atoms with van der Waals surface area (Å²) in [5, 5.41) is 12.9. The number of nitrogens with zero attached hydrogens (tertiary/aromatic N) is 3. The number of aromatic nitrogens is 2. The molecule has 8 heteroatoms. The molecule has 4 rings (SSSR count). The van der Waals surface area contributed by atoms with Crippen molar-refractivity contribution in [2.45, 2.75) is 25.9 Å². The fraction of sp³-hybridized carbons (Fsp3) is 0.583. The zero-order chi connectivity index (χ0) is 22.3. The second-order valence-electron chi connectivity index (χ2n) is 8.53. The van der Waals surface area contributed by atoms with Crippen molar-refractivity contribution >= 4 is 5.95 Å². The van der Waals surface area contributed by atoms with E-state index < -0.39 is 6.10 Å². The van der Waals surface area contributed by atoms with Crippen molar-refractivity contribution in [2.75, 3.05) is 64.6 Å². The van der Waals surface area contributed by atoms with E-state index in [0.717, 1.165) is 67.6 Å². The van der Waals surface area contributed by atoms with Gasteiger partial charge in [-0.05, 0) is 50.4 Å².